The van der Waals surface area contributed by atoms with E-state index in [1.54, 1.807) is 0 Å². The van der Waals surface area contributed by atoms with E-state index in [-0.39, 0.29) is 5.91 Å². The number of guanidine groups is 1. The Labute approximate surface area is 124 Å². The van der Waals surface area contributed by atoms with Gasteiger partial charge in [0.05, 0.1) is 17.8 Å². The molecule has 1 amide bonds. The van der Waals surface area contributed by atoms with Crippen LogP contribution in [0.2, 0.25) is 0 Å². The van der Waals surface area contributed by atoms with Gasteiger partial charge in [-0.2, -0.15) is 0 Å². The van der Waals surface area contributed by atoms with Crippen LogP contribution >= 0.6 is 0 Å². The van der Waals surface area contributed by atoms with Gasteiger partial charge in [0.2, 0.25) is 5.96 Å². The maximum Gasteiger partial charge on any atom is 0.262 e. The first-order chi connectivity index (χ1) is 10.3. The number of rotatable bonds is 1. The van der Waals surface area contributed by atoms with Gasteiger partial charge in [0.15, 0.2) is 0 Å². The minimum atomic E-state index is 0.0956. The lowest BCUT2D eigenvalue weighted by Crippen LogP contribution is -2.58. The number of benzene rings is 1. The predicted octanol–water partition coefficient (Wildman–Crippen LogP) is 2.03. The first-order valence-corrected chi connectivity index (χ1v) is 7.78. The molecule has 0 radical (unpaired) electrons. The Kier molecular flexibility index (Phi) is 2.96. The fraction of sp³-hybridized carbons (Fsp3) is 0.500. The maximum atomic E-state index is 12.7. The molecule has 0 saturated carbocycles. The van der Waals surface area contributed by atoms with Crippen LogP contribution in [0.25, 0.3) is 0 Å². The second-order valence-electron chi connectivity index (χ2n) is 5.99. The largest absolute Gasteiger partial charge is 0.275 e. The minimum Gasteiger partial charge on any atom is -0.275 e. The molecule has 110 valence electrons. The number of anilines is 1. The van der Waals surface area contributed by atoms with Gasteiger partial charge in [0.1, 0.15) is 0 Å². The van der Waals surface area contributed by atoms with Gasteiger partial charge in [-0.1, -0.05) is 18.1 Å². The summed E-state index contributed by atoms with van der Waals surface area (Å²) in [6.45, 7) is 5.51. The van der Waals surface area contributed by atoms with Crippen LogP contribution in [0.4, 0.5) is 5.69 Å². The lowest BCUT2D eigenvalue weighted by Gasteiger charge is -2.43. The zero-order valence-electron chi connectivity index (χ0n) is 12.4. The normalized spacial score (nSPS) is 22.1. The highest BCUT2D eigenvalue weighted by Crippen LogP contribution is 2.33. The van der Waals surface area contributed by atoms with Crippen LogP contribution in [0.15, 0.2) is 23.2 Å². The fourth-order valence-electron chi connectivity index (χ4n) is 3.42. The Morgan fingerprint density at radius 2 is 1.90 bits per heavy atom. The molecule has 1 fully saturated rings. The number of amides is 1. The fourth-order valence-corrected chi connectivity index (χ4v) is 3.42. The van der Waals surface area contributed by atoms with Gasteiger partial charge in [-0.3, -0.25) is 9.69 Å². The molecule has 3 aliphatic rings. The zero-order chi connectivity index (χ0) is 14.4. The summed E-state index contributed by atoms with van der Waals surface area (Å²) in [5, 5.41) is 4.53. The Hall–Kier alpha value is -1.88. The van der Waals surface area contributed by atoms with Crippen molar-refractivity contribution in [3.8, 4) is 0 Å². The van der Waals surface area contributed by atoms with E-state index in [0.717, 1.165) is 35.9 Å². The summed E-state index contributed by atoms with van der Waals surface area (Å²) in [6, 6.07) is 6.15. The lowest BCUT2D eigenvalue weighted by atomic mass is 10.1. The zero-order valence-corrected chi connectivity index (χ0v) is 12.4. The summed E-state index contributed by atoms with van der Waals surface area (Å²) < 4.78 is 0. The maximum absolute atomic E-state index is 12.7. The van der Waals surface area contributed by atoms with Crippen LogP contribution in [0, 0.1) is 6.92 Å². The monoisotopic (exact) mass is 284 g/mol. The first kappa shape index (κ1) is 12.8. The van der Waals surface area contributed by atoms with Crippen LogP contribution in [0.1, 0.15) is 35.2 Å². The van der Waals surface area contributed by atoms with E-state index >= 15 is 0 Å². The van der Waals surface area contributed by atoms with E-state index in [4.69, 9.17) is 0 Å². The van der Waals surface area contributed by atoms with Gasteiger partial charge in [-0.15, -0.1) is 0 Å². The summed E-state index contributed by atoms with van der Waals surface area (Å²) in [6.07, 6.45) is 3.71. The minimum absolute atomic E-state index is 0.0956. The number of hydrazine groups is 1. The van der Waals surface area contributed by atoms with Crippen LogP contribution < -0.4 is 5.01 Å². The summed E-state index contributed by atoms with van der Waals surface area (Å²) in [5.74, 6) is 0.913. The van der Waals surface area contributed by atoms with Gasteiger partial charge in [-0.05, 0) is 31.9 Å². The highest BCUT2D eigenvalue weighted by Gasteiger charge is 2.40. The van der Waals surface area contributed by atoms with Crippen LogP contribution in [-0.4, -0.2) is 48.0 Å². The second kappa shape index (κ2) is 4.84. The van der Waals surface area contributed by atoms with Gasteiger partial charge >= 0.3 is 0 Å². The lowest BCUT2D eigenvalue weighted by molar-refractivity contribution is 0.0840. The highest BCUT2D eigenvalue weighted by atomic mass is 16.2. The van der Waals surface area contributed by atoms with Crippen molar-refractivity contribution in [3.05, 3.63) is 29.3 Å². The van der Waals surface area contributed by atoms with Gasteiger partial charge in [0, 0.05) is 19.6 Å². The molecule has 3 aliphatic heterocycles. The summed E-state index contributed by atoms with van der Waals surface area (Å²) >= 11 is 0. The van der Waals surface area contributed by atoms with Crippen molar-refractivity contribution >= 4 is 17.6 Å². The third kappa shape index (κ3) is 1.95. The summed E-state index contributed by atoms with van der Waals surface area (Å²) in [7, 11) is 0. The third-order valence-corrected chi connectivity index (χ3v) is 4.48. The molecule has 4 rings (SSSR count). The first-order valence-electron chi connectivity index (χ1n) is 7.78. The molecule has 0 spiro atoms. The molecule has 0 unspecified atom stereocenters. The standard InChI is InChI=1S/C16H20N4O/c1-12-5-6-14-13(11-12)15(21)19-10-7-17-16(19)20(14)18-8-3-2-4-9-18/h5-6,11H,2-4,7-10H2,1H3. The topological polar surface area (TPSA) is 39.2 Å². The number of hydrogen-bond donors (Lipinski definition) is 0. The predicted molar refractivity (Wildman–Crippen MR) is 82.4 cm³/mol. The van der Waals surface area contributed by atoms with Crippen molar-refractivity contribution < 1.29 is 4.79 Å². The number of aryl methyl sites for hydroxylation is 1. The molecule has 0 atom stereocenters. The number of carbonyl (C=O) groups excluding carboxylic acids is 1. The molecule has 0 bridgehead atoms. The molecule has 1 aromatic carbocycles. The van der Waals surface area contributed by atoms with E-state index in [2.05, 4.69) is 27.1 Å². The Bertz CT molecular complexity index is 619. The molecule has 1 aromatic rings. The number of aliphatic imine (C=N–C) groups is 1. The van der Waals surface area contributed by atoms with Gasteiger partial charge in [0.25, 0.3) is 5.91 Å². The average molecular weight is 284 g/mol. The summed E-state index contributed by atoms with van der Waals surface area (Å²) in [5.41, 5.74) is 2.92. The molecule has 5 nitrogen and oxygen atoms in total. The quantitative estimate of drug-likeness (QED) is 0.792. The van der Waals surface area contributed by atoms with Gasteiger partial charge in [-0.25, -0.2) is 15.0 Å². The molecule has 3 heterocycles. The van der Waals surface area contributed by atoms with Crippen molar-refractivity contribution in [2.24, 2.45) is 4.99 Å². The van der Waals surface area contributed by atoms with E-state index in [1.807, 2.05) is 17.9 Å². The average Bonchev–Trinajstić information content (AvgIpc) is 2.99. The van der Waals surface area contributed by atoms with Crippen LogP contribution in [0.3, 0.4) is 0 Å². The third-order valence-electron chi connectivity index (χ3n) is 4.48. The SMILES string of the molecule is Cc1ccc2c(c1)C(=O)N1CCN=C1N2N1CCCCC1. The van der Waals surface area contributed by atoms with E-state index in [9.17, 15) is 4.79 Å². The molecule has 0 N–H and O–H groups in total. The smallest absolute Gasteiger partial charge is 0.262 e. The molecule has 1 saturated heterocycles. The highest BCUT2D eigenvalue weighted by molar-refractivity contribution is 6.18. The molecule has 0 aliphatic carbocycles. The Morgan fingerprint density at radius 3 is 2.71 bits per heavy atom. The van der Waals surface area contributed by atoms with Crippen molar-refractivity contribution in [2.45, 2.75) is 26.2 Å². The van der Waals surface area contributed by atoms with Crippen LogP contribution in [0.5, 0.6) is 0 Å². The van der Waals surface area contributed by atoms with Crippen molar-refractivity contribution in [1.82, 2.24) is 9.91 Å². The molecule has 0 aromatic heterocycles. The Balaban J connectivity index is 1.83. The van der Waals surface area contributed by atoms with Crippen molar-refractivity contribution in [2.75, 3.05) is 31.2 Å². The number of carbonyl (C=O) groups is 1. The number of fused-ring (bicyclic) bond motifs is 2. The number of nitrogens with zero attached hydrogens (tertiary/aromatic N) is 4. The van der Waals surface area contributed by atoms with Crippen molar-refractivity contribution in [3.63, 3.8) is 0 Å². The molecular weight excluding hydrogens is 264 g/mol. The number of hydrogen-bond acceptors (Lipinski definition) is 4. The Morgan fingerprint density at radius 1 is 1.10 bits per heavy atom. The van der Waals surface area contributed by atoms with E-state index in [0.29, 0.717) is 13.1 Å². The molecule has 5 heteroatoms. The second-order valence-corrected chi connectivity index (χ2v) is 5.99. The summed E-state index contributed by atoms with van der Waals surface area (Å²) in [4.78, 5) is 19.1. The molecule has 21 heavy (non-hydrogen) atoms. The van der Waals surface area contributed by atoms with Crippen molar-refractivity contribution in [1.29, 1.82) is 0 Å². The van der Waals surface area contributed by atoms with Crippen LogP contribution in [-0.2, 0) is 0 Å². The van der Waals surface area contributed by atoms with E-state index in [1.165, 1.54) is 19.3 Å². The number of piperidine rings is 1. The molecular formula is C16H20N4O. The van der Waals surface area contributed by atoms with E-state index < -0.39 is 0 Å². The van der Waals surface area contributed by atoms with Gasteiger partial charge < -0.3 is 0 Å².